The fourth-order valence-electron chi connectivity index (χ4n) is 3.60. The van der Waals surface area contributed by atoms with Crippen molar-refractivity contribution >= 4 is 9.84 Å². The summed E-state index contributed by atoms with van der Waals surface area (Å²) < 4.78 is 43.5. The Morgan fingerprint density at radius 3 is 2.57 bits per heavy atom. The standard InChI is InChI=1S/C21H22FN3O4S/c1-14-2-4-15(5-3-14)11-25-12-17(26)10-19(25)21-23-20(24-29-21)13-30(27,28)18-8-6-16(22)7-9-18/h2-9,17,19,26H,10-13H2,1H3/t17-,19+/m1/s1. The quantitative estimate of drug-likeness (QED) is 0.600. The molecule has 0 aliphatic carbocycles. The molecule has 0 unspecified atom stereocenters. The summed E-state index contributed by atoms with van der Waals surface area (Å²) >= 11 is 0. The van der Waals surface area contributed by atoms with Crippen LogP contribution in [0.15, 0.2) is 57.9 Å². The number of likely N-dealkylation sites (tertiary alicyclic amines) is 1. The maximum absolute atomic E-state index is 13.1. The first-order valence-electron chi connectivity index (χ1n) is 9.58. The number of halogens is 1. The Morgan fingerprint density at radius 1 is 1.17 bits per heavy atom. The van der Waals surface area contributed by atoms with Crippen LogP contribution < -0.4 is 0 Å². The Balaban J connectivity index is 1.50. The average molecular weight is 431 g/mol. The number of aliphatic hydroxyl groups excluding tert-OH is 1. The Bertz CT molecular complexity index is 1110. The molecule has 1 fully saturated rings. The maximum Gasteiger partial charge on any atom is 0.244 e. The van der Waals surface area contributed by atoms with E-state index in [-0.39, 0.29) is 22.7 Å². The van der Waals surface area contributed by atoms with Crippen LogP contribution in [0.3, 0.4) is 0 Å². The number of aryl methyl sites for hydroxylation is 1. The van der Waals surface area contributed by atoms with Crippen molar-refractivity contribution in [3.63, 3.8) is 0 Å². The van der Waals surface area contributed by atoms with E-state index in [1.165, 1.54) is 17.7 Å². The molecule has 0 amide bonds. The monoisotopic (exact) mass is 431 g/mol. The van der Waals surface area contributed by atoms with Crippen LogP contribution in [0.1, 0.15) is 35.3 Å². The third-order valence-corrected chi connectivity index (χ3v) is 6.78. The molecule has 30 heavy (non-hydrogen) atoms. The Kier molecular flexibility index (Phi) is 5.68. The smallest absolute Gasteiger partial charge is 0.244 e. The Hall–Kier alpha value is -2.62. The van der Waals surface area contributed by atoms with E-state index in [1.807, 2.05) is 36.1 Å². The fourth-order valence-corrected chi connectivity index (χ4v) is 4.77. The number of β-amino-alcohol motifs (C(OH)–C–C–N with tert-alkyl or cyclic N) is 1. The highest BCUT2D eigenvalue weighted by Gasteiger charge is 2.36. The molecule has 1 aliphatic rings. The van der Waals surface area contributed by atoms with Crippen molar-refractivity contribution in [2.24, 2.45) is 0 Å². The normalized spacial score (nSPS) is 20.0. The molecule has 1 N–H and O–H groups in total. The summed E-state index contributed by atoms with van der Waals surface area (Å²) in [5.41, 5.74) is 2.26. The van der Waals surface area contributed by atoms with Crippen molar-refractivity contribution in [3.8, 4) is 0 Å². The van der Waals surface area contributed by atoms with Gasteiger partial charge in [-0.25, -0.2) is 12.8 Å². The zero-order valence-electron chi connectivity index (χ0n) is 16.4. The minimum absolute atomic E-state index is 0.00691. The van der Waals surface area contributed by atoms with Crippen LogP contribution in [0.4, 0.5) is 4.39 Å². The first-order chi connectivity index (χ1) is 14.3. The number of nitrogens with zero attached hydrogens (tertiary/aromatic N) is 3. The molecule has 4 rings (SSSR count). The van der Waals surface area contributed by atoms with Crippen LogP contribution in [0.2, 0.25) is 0 Å². The molecule has 1 aliphatic heterocycles. The summed E-state index contributed by atoms with van der Waals surface area (Å²) in [6, 6.07) is 12.4. The van der Waals surface area contributed by atoms with Crippen molar-refractivity contribution in [2.75, 3.05) is 6.54 Å². The minimum Gasteiger partial charge on any atom is -0.392 e. The van der Waals surface area contributed by atoms with Crippen molar-refractivity contribution in [1.29, 1.82) is 0 Å². The predicted molar refractivity (Wildman–Crippen MR) is 107 cm³/mol. The van der Waals surface area contributed by atoms with E-state index >= 15 is 0 Å². The van der Waals surface area contributed by atoms with Crippen molar-refractivity contribution in [3.05, 3.63) is 77.2 Å². The van der Waals surface area contributed by atoms with Gasteiger partial charge >= 0.3 is 0 Å². The Morgan fingerprint density at radius 2 is 1.87 bits per heavy atom. The van der Waals surface area contributed by atoms with E-state index < -0.39 is 27.5 Å². The lowest BCUT2D eigenvalue weighted by atomic mass is 10.1. The van der Waals surface area contributed by atoms with Gasteiger partial charge in [-0.05, 0) is 43.2 Å². The summed E-state index contributed by atoms with van der Waals surface area (Å²) in [6.07, 6.45) is -0.100. The molecule has 1 saturated heterocycles. The van der Waals surface area contributed by atoms with Gasteiger partial charge in [-0.15, -0.1) is 0 Å². The zero-order chi connectivity index (χ0) is 21.3. The van der Waals surface area contributed by atoms with Crippen LogP contribution in [0.25, 0.3) is 0 Å². The van der Waals surface area contributed by atoms with Gasteiger partial charge in [0, 0.05) is 13.1 Å². The molecular formula is C21H22FN3O4S. The molecular weight excluding hydrogens is 409 g/mol. The maximum atomic E-state index is 13.1. The first-order valence-corrected chi connectivity index (χ1v) is 11.2. The van der Waals surface area contributed by atoms with E-state index in [4.69, 9.17) is 4.52 Å². The second-order valence-corrected chi connectivity index (χ2v) is 9.57. The van der Waals surface area contributed by atoms with Crippen LogP contribution in [0, 0.1) is 12.7 Å². The van der Waals surface area contributed by atoms with Gasteiger partial charge in [0.25, 0.3) is 0 Å². The molecule has 9 heteroatoms. The number of rotatable bonds is 6. The SMILES string of the molecule is Cc1ccc(CN2C[C@H](O)C[C@H]2c2nc(CS(=O)(=O)c3ccc(F)cc3)no2)cc1. The van der Waals surface area contributed by atoms with Crippen molar-refractivity contribution in [1.82, 2.24) is 15.0 Å². The average Bonchev–Trinajstić information content (AvgIpc) is 3.29. The van der Waals surface area contributed by atoms with Gasteiger partial charge in [0.05, 0.1) is 17.0 Å². The molecule has 1 aromatic heterocycles. The number of sulfone groups is 1. The molecule has 0 spiro atoms. The molecule has 2 atom stereocenters. The molecule has 3 aromatic rings. The lowest BCUT2D eigenvalue weighted by Crippen LogP contribution is -2.24. The molecule has 2 aromatic carbocycles. The Labute approximate surface area is 174 Å². The number of aliphatic hydroxyl groups is 1. The van der Waals surface area contributed by atoms with Gasteiger partial charge in [-0.3, -0.25) is 4.90 Å². The van der Waals surface area contributed by atoms with Crippen molar-refractivity contribution < 1.29 is 22.4 Å². The molecule has 0 radical (unpaired) electrons. The summed E-state index contributed by atoms with van der Waals surface area (Å²) in [6.45, 7) is 3.09. The summed E-state index contributed by atoms with van der Waals surface area (Å²) in [5, 5.41) is 14.0. The number of aromatic nitrogens is 2. The summed E-state index contributed by atoms with van der Waals surface area (Å²) in [7, 11) is -3.73. The molecule has 158 valence electrons. The van der Waals surface area contributed by atoms with Gasteiger partial charge in [0.1, 0.15) is 11.6 Å². The third-order valence-electron chi connectivity index (χ3n) is 5.15. The predicted octanol–water partition coefficient (Wildman–Crippen LogP) is 2.80. The topological polar surface area (TPSA) is 96.5 Å². The minimum atomic E-state index is -3.73. The molecule has 7 nitrogen and oxygen atoms in total. The van der Waals surface area contributed by atoms with Crippen molar-refractivity contribution in [2.45, 2.75) is 42.7 Å². The second-order valence-electron chi connectivity index (χ2n) is 7.58. The molecule has 0 bridgehead atoms. The van der Waals surface area contributed by atoms with Crippen LogP contribution in [0.5, 0.6) is 0 Å². The lowest BCUT2D eigenvalue weighted by Gasteiger charge is -2.21. The highest BCUT2D eigenvalue weighted by Crippen LogP contribution is 2.33. The zero-order valence-corrected chi connectivity index (χ0v) is 17.2. The van der Waals surface area contributed by atoms with Crippen LogP contribution in [-0.4, -0.2) is 41.2 Å². The summed E-state index contributed by atoms with van der Waals surface area (Å²) in [4.78, 5) is 6.31. The van der Waals surface area contributed by atoms with Gasteiger partial charge < -0.3 is 9.63 Å². The largest absolute Gasteiger partial charge is 0.392 e. The molecule has 2 heterocycles. The number of hydrogen-bond acceptors (Lipinski definition) is 7. The van der Waals surface area contributed by atoms with E-state index in [0.717, 1.165) is 17.7 Å². The highest BCUT2D eigenvalue weighted by molar-refractivity contribution is 7.90. The lowest BCUT2D eigenvalue weighted by molar-refractivity contribution is 0.169. The van der Waals surface area contributed by atoms with Gasteiger partial charge in [-0.1, -0.05) is 35.0 Å². The van der Waals surface area contributed by atoms with E-state index in [2.05, 4.69) is 10.1 Å². The van der Waals surface area contributed by atoms with Crippen LogP contribution >= 0.6 is 0 Å². The highest BCUT2D eigenvalue weighted by atomic mass is 32.2. The van der Waals surface area contributed by atoms with Gasteiger partial charge in [-0.2, -0.15) is 4.98 Å². The first kappa shape index (κ1) is 20.6. The molecule has 0 saturated carbocycles. The van der Waals surface area contributed by atoms with Crippen LogP contribution in [-0.2, 0) is 22.1 Å². The van der Waals surface area contributed by atoms with E-state index in [9.17, 15) is 17.9 Å². The van der Waals surface area contributed by atoms with Gasteiger partial charge in [0.2, 0.25) is 5.89 Å². The number of hydrogen-bond donors (Lipinski definition) is 1. The van der Waals surface area contributed by atoms with Gasteiger partial charge in [0.15, 0.2) is 15.7 Å². The van der Waals surface area contributed by atoms with E-state index in [0.29, 0.717) is 19.5 Å². The fraction of sp³-hybridized carbons (Fsp3) is 0.333. The number of benzene rings is 2. The summed E-state index contributed by atoms with van der Waals surface area (Å²) in [5.74, 6) is -0.645. The third kappa shape index (κ3) is 4.58. The second kappa shape index (κ2) is 8.25. The van der Waals surface area contributed by atoms with E-state index in [1.54, 1.807) is 0 Å².